The van der Waals surface area contributed by atoms with Crippen LogP contribution < -0.4 is 9.41 Å². The van der Waals surface area contributed by atoms with E-state index in [1.165, 1.54) is 0 Å². The molecule has 86 valence electrons. The first-order valence-corrected chi connectivity index (χ1v) is 6.04. The standard InChI is InChI=1S/C12H10O4P/c13-17(15-12-9-5-2-6-10-12)16-14-11-7-3-1-4-8-11/h1-10H/q+1. The molecule has 1 atom stereocenters. The van der Waals surface area contributed by atoms with Crippen molar-refractivity contribution in [3.8, 4) is 11.5 Å². The predicted molar refractivity (Wildman–Crippen MR) is 62.8 cm³/mol. The van der Waals surface area contributed by atoms with Crippen LogP contribution in [0.1, 0.15) is 0 Å². The van der Waals surface area contributed by atoms with Gasteiger partial charge in [0.2, 0.25) is 0 Å². The summed E-state index contributed by atoms with van der Waals surface area (Å²) in [6, 6.07) is 17.5. The Hall–Kier alpha value is -1.90. The van der Waals surface area contributed by atoms with E-state index in [1.807, 2.05) is 12.1 Å². The molecule has 0 aliphatic rings. The predicted octanol–water partition coefficient (Wildman–Crippen LogP) is 3.73. The summed E-state index contributed by atoms with van der Waals surface area (Å²) in [6.45, 7) is 0. The molecular weight excluding hydrogens is 239 g/mol. The Balaban J connectivity index is 1.83. The zero-order chi connectivity index (χ0) is 11.9. The number of hydrogen-bond donors (Lipinski definition) is 0. The number of para-hydroxylation sites is 2. The summed E-state index contributed by atoms with van der Waals surface area (Å²) < 4.78 is 21.0. The minimum atomic E-state index is -2.35. The van der Waals surface area contributed by atoms with Gasteiger partial charge >= 0.3 is 8.25 Å². The zero-order valence-corrected chi connectivity index (χ0v) is 9.75. The topological polar surface area (TPSA) is 44.8 Å². The van der Waals surface area contributed by atoms with Gasteiger partial charge < -0.3 is 0 Å². The van der Waals surface area contributed by atoms with E-state index in [1.54, 1.807) is 48.5 Å². The maximum absolute atomic E-state index is 11.4. The third-order valence-corrected chi connectivity index (χ3v) is 2.42. The van der Waals surface area contributed by atoms with Gasteiger partial charge in [0.1, 0.15) is 4.67 Å². The molecule has 1 unspecified atom stereocenters. The lowest BCUT2D eigenvalue weighted by atomic mass is 10.3. The van der Waals surface area contributed by atoms with Gasteiger partial charge in [-0.2, -0.15) is 0 Å². The Morgan fingerprint density at radius 2 is 1.29 bits per heavy atom. The van der Waals surface area contributed by atoms with Crippen LogP contribution in [-0.2, 0) is 9.24 Å². The zero-order valence-electron chi connectivity index (χ0n) is 8.85. The molecular formula is C12H10O4P+. The van der Waals surface area contributed by atoms with E-state index in [0.717, 1.165) is 0 Å². The van der Waals surface area contributed by atoms with E-state index in [0.29, 0.717) is 11.5 Å². The van der Waals surface area contributed by atoms with Crippen molar-refractivity contribution in [3.63, 3.8) is 0 Å². The van der Waals surface area contributed by atoms with Crippen molar-refractivity contribution >= 4 is 8.25 Å². The van der Waals surface area contributed by atoms with Crippen molar-refractivity contribution in [3.05, 3.63) is 60.7 Å². The Labute approximate surface area is 99.6 Å². The minimum absolute atomic E-state index is 0.463. The van der Waals surface area contributed by atoms with E-state index in [2.05, 4.69) is 4.67 Å². The summed E-state index contributed by atoms with van der Waals surface area (Å²) in [4.78, 5) is 4.83. The Morgan fingerprint density at radius 1 is 0.765 bits per heavy atom. The molecule has 0 fully saturated rings. The molecule has 0 N–H and O–H groups in total. The van der Waals surface area contributed by atoms with Gasteiger partial charge in [0.25, 0.3) is 0 Å². The number of benzene rings is 2. The molecule has 17 heavy (non-hydrogen) atoms. The molecule has 0 aliphatic heterocycles. The van der Waals surface area contributed by atoms with Crippen LogP contribution in [0.3, 0.4) is 0 Å². The van der Waals surface area contributed by atoms with Crippen LogP contribution in [0.5, 0.6) is 11.5 Å². The molecule has 2 rings (SSSR count). The quantitative estimate of drug-likeness (QED) is 0.460. The van der Waals surface area contributed by atoms with Crippen LogP contribution in [0.25, 0.3) is 0 Å². The maximum atomic E-state index is 11.4. The number of hydrogen-bond acceptors (Lipinski definition) is 4. The fraction of sp³-hybridized carbons (Fsp3) is 0. The van der Waals surface area contributed by atoms with Crippen molar-refractivity contribution in [1.29, 1.82) is 0 Å². The van der Waals surface area contributed by atoms with E-state index >= 15 is 0 Å². The van der Waals surface area contributed by atoms with Crippen LogP contribution in [0, 0.1) is 0 Å². The third kappa shape index (κ3) is 3.87. The highest BCUT2D eigenvalue weighted by Crippen LogP contribution is 2.28. The van der Waals surface area contributed by atoms with Crippen LogP contribution in [0.4, 0.5) is 0 Å². The Kier molecular flexibility index (Phi) is 4.08. The number of rotatable bonds is 5. The molecule has 0 aromatic heterocycles. The second-order valence-corrected chi connectivity index (χ2v) is 3.88. The lowest BCUT2D eigenvalue weighted by molar-refractivity contribution is -0.100. The van der Waals surface area contributed by atoms with Crippen molar-refractivity contribution in [2.24, 2.45) is 0 Å². The summed E-state index contributed by atoms with van der Waals surface area (Å²) in [5.74, 6) is 0.929. The summed E-state index contributed by atoms with van der Waals surface area (Å²) in [5.41, 5.74) is 0. The van der Waals surface area contributed by atoms with Crippen LogP contribution in [0.15, 0.2) is 60.7 Å². The normalized spacial score (nSPS) is 10.7. The van der Waals surface area contributed by atoms with Gasteiger partial charge in [-0.1, -0.05) is 36.4 Å². The van der Waals surface area contributed by atoms with E-state index in [-0.39, 0.29) is 0 Å². The van der Waals surface area contributed by atoms with Crippen LogP contribution >= 0.6 is 8.25 Å². The van der Waals surface area contributed by atoms with Gasteiger partial charge in [-0.05, 0) is 24.3 Å². The molecule has 0 heterocycles. The molecule has 4 nitrogen and oxygen atoms in total. The average molecular weight is 249 g/mol. The highest BCUT2D eigenvalue weighted by Gasteiger charge is 2.25. The van der Waals surface area contributed by atoms with Gasteiger partial charge in [-0.3, -0.25) is 4.89 Å². The Bertz CT molecular complexity index is 472. The van der Waals surface area contributed by atoms with Crippen molar-refractivity contribution in [2.75, 3.05) is 0 Å². The third-order valence-electron chi connectivity index (χ3n) is 1.86. The van der Waals surface area contributed by atoms with E-state index in [9.17, 15) is 4.57 Å². The van der Waals surface area contributed by atoms with Gasteiger partial charge in [0.05, 0.1) is 0 Å². The molecule has 0 amide bonds. The van der Waals surface area contributed by atoms with Crippen molar-refractivity contribution < 1.29 is 18.7 Å². The second-order valence-electron chi connectivity index (χ2n) is 3.10. The molecule has 2 aromatic rings. The fourth-order valence-corrected chi connectivity index (χ4v) is 1.60. The SMILES string of the molecule is O=[P+](OOc1ccccc1)Oc1ccccc1. The summed E-state index contributed by atoms with van der Waals surface area (Å²) in [7, 11) is -2.35. The monoisotopic (exact) mass is 249 g/mol. The summed E-state index contributed by atoms with van der Waals surface area (Å²) in [5, 5.41) is 0. The second kappa shape index (κ2) is 5.99. The first-order chi connectivity index (χ1) is 8.34. The first kappa shape index (κ1) is 11.6. The van der Waals surface area contributed by atoms with Crippen molar-refractivity contribution in [2.45, 2.75) is 0 Å². The van der Waals surface area contributed by atoms with Gasteiger partial charge in [0, 0.05) is 4.57 Å². The fourth-order valence-electron chi connectivity index (χ4n) is 1.13. The highest BCUT2D eigenvalue weighted by atomic mass is 31.1. The molecule has 0 aliphatic carbocycles. The lowest BCUT2D eigenvalue weighted by Crippen LogP contribution is -1.92. The van der Waals surface area contributed by atoms with Gasteiger partial charge in [-0.25, -0.2) is 4.52 Å². The molecule has 0 radical (unpaired) electrons. The maximum Gasteiger partial charge on any atom is 0.791 e. The molecule has 2 aromatic carbocycles. The first-order valence-electron chi connectivity index (χ1n) is 4.94. The van der Waals surface area contributed by atoms with Crippen molar-refractivity contribution in [1.82, 2.24) is 0 Å². The lowest BCUT2D eigenvalue weighted by Gasteiger charge is -1.94. The van der Waals surface area contributed by atoms with Crippen LogP contribution in [-0.4, -0.2) is 0 Å². The highest BCUT2D eigenvalue weighted by molar-refractivity contribution is 7.33. The minimum Gasteiger partial charge on any atom is -0.290 e. The summed E-state index contributed by atoms with van der Waals surface area (Å²) in [6.07, 6.45) is 0. The molecule has 0 bridgehead atoms. The average Bonchev–Trinajstić information content (AvgIpc) is 2.39. The van der Waals surface area contributed by atoms with Gasteiger partial charge in [-0.15, -0.1) is 0 Å². The van der Waals surface area contributed by atoms with E-state index < -0.39 is 8.25 Å². The Morgan fingerprint density at radius 3 is 1.88 bits per heavy atom. The molecule has 0 saturated carbocycles. The van der Waals surface area contributed by atoms with Gasteiger partial charge in [0.15, 0.2) is 11.5 Å². The largest absolute Gasteiger partial charge is 0.791 e. The molecule has 5 heteroatoms. The molecule has 0 saturated heterocycles. The van der Waals surface area contributed by atoms with Crippen LogP contribution in [0.2, 0.25) is 0 Å². The van der Waals surface area contributed by atoms with E-state index in [4.69, 9.17) is 9.41 Å². The summed E-state index contributed by atoms with van der Waals surface area (Å²) >= 11 is 0. The smallest absolute Gasteiger partial charge is 0.290 e. The molecule has 0 spiro atoms.